The van der Waals surface area contributed by atoms with Crippen LogP contribution in [0.15, 0.2) is 23.6 Å². The summed E-state index contributed by atoms with van der Waals surface area (Å²) in [7, 11) is 0. The molecule has 1 aliphatic rings. The molecule has 1 saturated carbocycles. The van der Waals surface area contributed by atoms with E-state index in [0.717, 1.165) is 12.8 Å². The molecular formula is C11H17N5. The first-order chi connectivity index (χ1) is 7.90. The molecule has 5 nitrogen and oxygen atoms in total. The van der Waals surface area contributed by atoms with Gasteiger partial charge in [0.1, 0.15) is 5.69 Å². The number of aliphatic imine (C=N–C) groups is 1. The Bertz CT molecular complexity index is 343. The highest BCUT2D eigenvalue weighted by atomic mass is 15.3. The normalized spacial score (nSPS) is 18.4. The van der Waals surface area contributed by atoms with E-state index in [-0.39, 0.29) is 0 Å². The standard InChI is InChI=1S/C11H17N5/c12-16-11(10-8-13-6-7-14-10)15-9-4-2-1-3-5-9/h6-9H,1-5,12H2,(H,15,16). The van der Waals surface area contributed by atoms with E-state index in [1.54, 1.807) is 18.6 Å². The number of amidine groups is 1. The second kappa shape index (κ2) is 5.55. The molecule has 0 aromatic carbocycles. The molecule has 1 aromatic heterocycles. The van der Waals surface area contributed by atoms with Crippen molar-refractivity contribution >= 4 is 5.84 Å². The molecule has 1 aliphatic carbocycles. The Kier molecular flexibility index (Phi) is 3.82. The van der Waals surface area contributed by atoms with Crippen molar-refractivity contribution < 1.29 is 0 Å². The fraction of sp³-hybridized carbons (Fsp3) is 0.545. The maximum atomic E-state index is 5.47. The lowest BCUT2D eigenvalue weighted by atomic mass is 9.96. The molecule has 1 aromatic rings. The molecule has 0 aliphatic heterocycles. The number of aromatic nitrogens is 2. The van der Waals surface area contributed by atoms with Crippen molar-refractivity contribution in [2.24, 2.45) is 10.8 Å². The van der Waals surface area contributed by atoms with Gasteiger partial charge in [-0.15, -0.1) is 0 Å². The summed E-state index contributed by atoms with van der Waals surface area (Å²) in [6.07, 6.45) is 11.1. The van der Waals surface area contributed by atoms with Crippen LogP contribution in [0.1, 0.15) is 37.8 Å². The third kappa shape index (κ3) is 2.76. The van der Waals surface area contributed by atoms with Crippen LogP contribution < -0.4 is 11.3 Å². The molecule has 0 atom stereocenters. The van der Waals surface area contributed by atoms with Crippen LogP contribution in [-0.4, -0.2) is 21.8 Å². The van der Waals surface area contributed by atoms with Crippen molar-refractivity contribution in [2.75, 3.05) is 0 Å². The summed E-state index contributed by atoms with van der Waals surface area (Å²) in [4.78, 5) is 12.8. The van der Waals surface area contributed by atoms with E-state index in [9.17, 15) is 0 Å². The lowest BCUT2D eigenvalue weighted by molar-refractivity contribution is 0.442. The Labute approximate surface area is 95.2 Å². The van der Waals surface area contributed by atoms with E-state index in [1.807, 2.05) is 0 Å². The lowest BCUT2D eigenvalue weighted by Crippen LogP contribution is -2.33. The zero-order chi connectivity index (χ0) is 11.2. The molecule has 0 radical (unpaired) electrons. The second-order valence-corrected chi connectivity index (χ2v) is 4.00. The van der Waals surface area contributed by atoms with E-state index in [0.29, 0.717) is 17.6 Å². The smallest absolute Gasteiger partial charge is 0.163 e. The van der Waals surface area contributed by atoms with E-state index in [4.69, 9.17) is 5.84 Å². The highest BCUT2D eigenvalue weighted by Gasteiger charge is 2.14. The van der Waals surface area contributed by atoms with Crippen molar-refractivity contribution in [3.05, 3.63) is 24.3 Å². The third-order valence-electron chi connectivity index (χ3n) is 2.83. The van der Waals surface area contributed by atoms with Gasteiger partial charge < -0.3 is 5.43 Å². The average molecular weight is 219 g/mol. The minimum atomic E-state index is 0.377. The number of nitrogens with two attached hydrogens (primary N) is 1. The fourth-order valence-electron chi connectivity index (χ4n) is 1.99. The molecule has 5 heteroatoms. The maximum Gasteiger partial charge on any atom is 0.163 e. The van der Waals surface area contributed by atoms with Crippen molar-refractivity contribution in [1.82, 2.24) is 15.4 Å². The van der Waals surface area contributed by atoms with Crippen molar-refractivity contribution in [2.45, 2.75) is 38.1 Å². The first-order valence-electron chi connectivity index (χ1n) is 5.71. The van der Waals surface area contributed by atoms with Gasteiger partial charge in [0, 0.05) is 12.4 Å². The summed E-state index contributed by atoms with van der Waals surface area (Å²) in [5, 5.41) is 0. The fourth-order valence-corrected chi connectivity index (χ4v) is 1.99. The van der Waals surface area contributed by atoms with Crippen LogP contribution >= 0.6 is 0 Å². The van der Waals surface area contributed by atoms with E-state index in [2.05, 4.69) is 20.4 Å². The molecular weight excluding hydrogens is 202 g/mol. The number of hydrogen-bond donors (Lipinski definition) is 2. The van der Waals surface area contributed by atoms with E-state index < -0.39 is 0 Å². The third-order valence-corrected chi connectivity index (χ3v) is 2.83. The number of nitrogens with zero attached hydrogens (tertiary/aromatic N) is 3. The lowest BCUT2D eigenvalue weighted by Gasteiger charge is -2.18. The van der Waals surface area contributed by atoms with Gasteiger partial charge in [0.2, 0.25) is 0 Å². The molecule has 2 rings (SSSR count). The van der Waals surface area contributed by atoms with Gasteiger partial charge in [-0.1, -0.05) is 19.3 Å². The molecule has 0 bridgehead atoms. The van der Waals surface area contributed by atoms with E-state index in [1.165, 1.54) is 19.3 Å². The summed E-state index contributed by atoms with van der Waals surface area (Å²) in [6, 6.07) is 0.377. The summed E-state index contributed by atoms with van der Waals surface area (Å²) in [5.74, 6) is 6.11. The SMILES string of the molecule is NNC(=NC1CCCCC1)c1cnccn1. The van der Waals surface area contributed by atoms with Gasteiger partial charge in [0.05, 0.1) is 12.2 Å². The molecule has 1 fully saturated rings. The minimum Gasteiger partial charge on any atom is -0.307 e. The summed E-state index contributed by atoms with van der Waals surface area (Å²) >= 11 is 0. The maximum absolute atomic E-state index is 5.47. The molecule has 1 heterocycles. The molecule has 3 N–H and O–H groups in total. The first kappa shape index (κ1) is 11.0. The van der Waals surface area contributed by atoms with Crippen LogP contribution in [0, 0.1) is 0 Å². The number of hydrogen-bond acceptors (Lipinski definition) is 4. The Hall–Kier alpha value is -1.49. The predicted molar refractivity (Wildman–Crippen MR) is 62.8 cm³/mol. The van der Waals surface area contributed by atoms with Crippen LogP contribution in [0.2, 0.25) is 0 Å². The van der Waals surface area contributed by atoms with Crippen LogP contribution in [-0.2, 0) is 0 Å². The number of nitrogens with one attached hydrogen (secondary N) is 1. The minimum absolute atomic E-state index is 0.377. The molecule has 16 heavy (non-hydrogen) atoms. The topological polar surface area (TPSA) is 76.2 Å². The highest BCUT2D eigenvalue weighted by Crippen LogP contribution is 2.20. The quantitative estimate of drug-likeness (QED) is 0.337. The first-order valence-corrected chi connectivity index (χ1v) is 5.71. The molecule has 0 unspecified atom stereocenters. The Morgan fingerprint density at radius 3 is 2.75 bits per heavy atom. The monoisotopic (exact) mass is 219 g/mol. The van der Waals surface area contributed by atoms with Crippen LogP contribution in [0.25, 0.3) is 0 Å². The highest BCUT2D eigenvalue weighted by molar-refractivity contribution is 5.96. The van der Waals surface area contributed by atoms with Gasteiger partial charge in [-0.2, -0.15) is 0 Å². The molecule has 0 spiro atoms. The van der Waals surface area contributed by atoms with Gasteiger partial charge in [-0.05, 0) is 12.8 Å². The van der Waals surface area contributed by atoms with E-state index >= 15 is 0 Å². The summed E-state index contributed by atoms with van der Waals surface area (Å²) < 4.78 is 0. The van der Waals surface area contributed by atoms with Gasteiger partial charge in [-0.3, -0.25) is 9.98 Å². The Morgan fingerprint density at radius 2 is 2.12 bits per heavy atom. The Morgan fingerprint density at radius 1 is 1.31 bits per heavy atom. The summed E-state index contributed by atoms with van der Waals surface area (Å²) in [5.41, 5.74) is 3.32. The van der Waals surface area contributed by atoms with Crippen molar-refractivity contribution in [1.29, 1.82) is 0 Å². The van der Waals surface area contributed by atoms with Crippen LogP contribution in [0.3, 0.4) is 0 Å². The van der Waals surface area contributed by atoms with Gasteiger partial charge in [0.15, 0.2) is 5.84 Å². The second-order valence-electron chi connectivity index (χ2n) is 4.00. The largest absolute Gasteiger partial charge is 0.307 e. The predicted octanol–water partition coefficient (Wildman–Crippen LogP) is 1.02. The number of hydrazine groups is 1. The van der Waals surface area contributed by atoms with Gasteiger partial charge in [0.25, 0.3) is 0 Å². The average Bonchev–Trinajstić information content (AvgIpc) is 2.38. The number of rotatable bonds is 2. The molecule has 0 amide bonds. The zero-order valence-electron chi connectivity index (χ0n) is 9.26. The summed E-state index contributed by atoms with van der Waals surface area (Å²) in [6.45, 7) is 0. The van der Waals surface area contributed by atoms with Gasteiger partial charge >= 0.3 is 0 Å². The molecule has 0 saturated heterocycles. The van der Waals surface area contributed by atoms with Crippen molar-refractivity contribution in [3.63, 3.8) is 0 Å². The van der Waals surface area contributed by atoms with Crippen molar-refractivity contribution in [3.8, 4) is 0 Å². The van der Waals surface area contributed by atoms with Crippen LogP contribution in [0.5, 0.6) is 0 Å². The van der Waals surface area contributed by atoms with Gasteiger partial charge in [-0.25, -0.2) is 10.8 Å². The van der Waals surface area contributed by atoms with Crippen LogP contribution in [0.4, 0.5) is 0 Å². The zero-order valence-corrected chi connectivity index (χ0v) is 9.26. The molecule has 86 valence electrons. The Balaban J connectivity index is 2.12.